The lowest BCUT2D eigenvalue weighted by atomic mass is 9.97. The highest BCUT2D eigenvalue weighted by atomic mass is 16.5. The summed E-state index contributed by atoms with van der Waals surface area (Å²) in [4.78, 5) is 11.7. The third-order valence-electron chi connectivity index (χ3n) is 5.43. The highest BCUT2D eigenvalue weighted by Gasteiger charge is 2.20. The van der Waals surface area contributed by atoms with E-state index in [1.54, 1.807) is 5.48 Å². The van der Waals surface area contributed by atoms with E-state index in [4.69, 9.17) is 9.94 Å². The van der Waals surface area contributed by atoms with Gasteiger partial charge in [-0.25, -0.2) is 5.48 Å². The fraction of sp³-hybridized carbons (Fsp3) is 0.269. The summed E-state index contributed by atoms with van der Waals surface area (Å²) in [5.74, 6) is 0.425. The molecule has 0 heterocycles. The van der Waals surface area contributed by atoms with Crippen LogP contribution < -0.4 is 15.5 Å². The molecule has 0 fully saturated rings. The van der Waals surface area contributed by atoms with Crippen LogP contribution in [0.15, 0.2) is 72.8 Å². The van der Waals surface area contributed by atoms with E-state index in [1.807, 2.05) is 56.3 Å². The molecule has 0 saturated carbocycles. The number of hydroxylamine groups is 1. The minimum Gasteiger partial charge on any atom is -0.489 e. The molecule has 0 aliphatic heterocycles. The standard InChI is InChI=1S/C26H30N2O3/c1-18(2)25(26(29)28-30)27-16-20-12-14-23(15-13-20)31-17-22-10-7-11-24(19(22)3)21-8-5-4-6-9-21/h4-15,18,25,27,30H,16-17H2,1-3H3,(H,28,29). The predicted molar refractivity (Wildman–Crippen MR) is 123 cm³/mol. The Hall–Kier alpha value is -3.15. The second kappa shape index (κ2) is 10.8. The number of nitrogens with one attached hydrogen (secondary N) is 2. The zero-order valence-corrected chi connectivity index (χ0v) is 18.3. The maximum Gasteiger partial charge on any atom is 0.260 e. The molecule has 3 aromatic carbocycles. The largest absolute Gasteiger partial charge is 0.489 e. The average molecular weight is 419 g/mol. The van der Waals surface area contributed by atoms with Crippen molar-refractivity contribution >= 4 is 5.91 Å². The van der Waals surface area contributed by atoms with Crippen LogP contribution in [0.25, 0.3) is 11.1 Å². The van der Waals surface area contributed by atoms with Crippen molar-refractivity contribution in [2.75, 3.05) is 0 Å². The van der Waals surface area contributed by atoms with Gasteiger partial charge in [-0.05, 0) is 52.8 Å². The molecular weight excluding hydrogens is 388 g/mol. The second-order valence-electron chi connectivity index (χ2n) is 7.97. The maximum atomic E-state index is 11.7. The molecular formula is C26H30N2O3. The Labute approximate surface area is 184 Å². The number of carbonyl (C=O) groups excluding carboxylic acids is 1. The minimum atomic E-state index is -0.458. The fourth-order valence-electron chi connectivity index (χ4n) is 3.56. The summed E-state index contributed by atoms with van der Waals surface area (Å²) in [6.07, 6.45) is 0. The lowest BCUT2D eigenvalue weighted by Gasteiger charge is -2.20. The molecule has 0 aliphatic rings. The van der Waals surface area contributed by atoms with Gasteiger partial charge in [-0.2, -0.15) is 0 Å². The van der Waals surface area contributed by atoms with Crippen LogP contribution in [-0.4, -0.2) is 17.2 Å². The van der Waals surface area contributed by atoms with E-state index in [0.717, 1.165) is 16.9 Å². The lowest BCUT2D eigenvalue weighted by Crippen LogP contribution is -2.46. The van der Waals surface area contributed by atoms with Gasteiger partial charge in [-0.15, -0.1) is 0 Å². The van der Waals surface area contributed by atoms with Crippen LogP contribution >= 0.6 is 0 Å². The molecule has 0 spiro atoms. The zero-order chi connectivity index (χ0) is 22.2. The summed E-state index contributed by atoms with van der Waals surface area (Å²) in [7, 11) is 0. The molecule has 1 unspecified atom stereocenters. The van der Waals surface area contributed by atoms with Gasteiger partial charge in [0.15, 0.2) is 0 Å². The average Bonchev–Trinajstić information content (AvgIpc) is 2.79. The van der Waals surface area contributed by atoms with Gasteiger partial charge in [-0.3, -0.25) is 10.0 Å². The van der Waals surface area contributed by atoms with Gasteiger partial charge in [0.2, 0.25) is 0 Å². The summed E-state index contributed by atoms with van der Waals surface area (Å²) in [5.41, 5.74) is 7.55. The molecule has 3 rings (SSSR count). The smallest absolute Gasteiger partial charge is 0.260 e. The summed E-state index contributed by atoms with van der Waals surface area (Å²) in [6.45, 7) is 7.01. The molecule has 0 bridgehead atoms. The van der Waals surface area contributed by atoms with Crippen molar-refractivity contribution in [3.8, 4) is 16.9 Å². The zero-order valence-electron chi connectivity index (χ0n) is 18.3. The Morgan fingerprint density at radius 1 is 0.968 bits per heavy atom. The lowest BCUT2D eigenvalue weighted by molar-refractivity contribution is -0.132. The molecule has 0 aromatic heterocycles. The summed E-state index contributed by atoms with van der Waals surface area (Å²) < 4.78 is 6.02. The summed E-state index contributed by atoms with van der Waals surface area (Å²) in [5, 5.41) is 12.1. The number of ether oxygens (including phenoxy) is 1. The third kappa shape index (κ3) is 5.94. The Bertz CT molecular complexity index is 985. The topological polar surface area (TPSA) is 70.6 Å². The number of carbonyl (C=O) groups is 1. The first-order chi connectivity index (χ1) is 15.0. The highest BCUT2D eigenvalue weighted by molar-refractivity contribution is 5.80. The van der Waals surface area contributed by atoms with Crippen LogP contribution in [0.4, 0.5) is 0 Å². The Balaban J connectivity index is 1.60. The SMILES string of the molecule is Cc1c(COc2ccc(CNC(C(=O)NO)C(C)C)cc2)cccc1-c1ccccc1. The minimum absolute atomic E-state index is 0.0599. The van der Waals surface area contributed by atoms with E-state index in [2.05, 4.69) is 42.6 Å². The van der Waals surface area contributed by atoms with Gasteiger partial charge < -0.3 is 10.1 Å². The van der Waals surface area contributed by atoms with Crippen molar-refractivity contribution in [2.45, 2.75) is 40.0 Å². The Morgan fingerprint density at radius 2 is 1.68 bits per heavy atom. The number of hydrogen-bond donors (Lipinski definition) is 3. The van der Waals surface area contributed by atoms with Crippen molar-refractivity contribution in [2.24, 2.45) is 5.92 Å². The van der Waals surface area contributed by atoms with Crippen molar-refractivity contribution in [3.05, 3.63) is 89.5 Å². The Morgan fingerprint density at radius 3 is 2.32 bits per heavy atom. The van der Waals surface area contributed by atoms with Gasteiger partial charge in [0.25, 0.3) is 5.91 Å². The van der Waals surface area contributed by atoms with Crippen molar-refractivity contribution in [3.63, 3.8) is 0 Å². The molecule has 31 heavy (non-hydrogen) atoms. The number of hydrogen-bond acceptors (Lipinski definition) is 4. The quantitative estimate of drug-likeness (QED) is 0.343. The first-order valence-corrected chi connectivity index (χ1v) is 10.5. The molecule has 1 atom stereocenters. The van der Waals surface area contributed by atoms with E-state index in [0.29, 0.717) is 13.2 Å². The first kappa shape index (κ1) is 22.5. The number of rotatable bonds is 9. The normalized spacial score (nSPS) is 11.9. The van der Waals surface area contributed by atoms with E-state index < -0.39 is 11.9 Å². The van der Waals surface area contributed by atoms with Gasteiger partial charge in [0.1, 0.15) is 12.4 Å². The molecule has 162 valence electrons. The van der Waals surface area contributed by atoms with Gasteiger partial charge in [0.05, 0.1) is 6.04 Å². The first-order valence-electron chi connectivity index (χ1n) is 10.5. The molecule has 0 radical (unpaired) electrons. The van der Waals surface area contributed by atoms with E-state index in [1.165, 1.54) is 16.7 Å². The van der Waals surface area contributed by atoms with Crippen LogP contribution in [-0.2, 0) is 17.9 Å². The monoisotopic (exact) mass is 418 g/mol. The van der Waals surface area contributed by atoms with Gasteiger partial charge >= 0.3 is 0 Å². The fourth-order valence-corrected chi connectivity index (χ4v) is 3.56. The van der Waals surface area contributed by atoms with Crippen LogP contribution in [0.1, 0.15) is 30.5 Å². The molecule has 3 aromatic rings. The van der Waals surface area contributed by atoms with E-state index in [-0.39, 0.29) is 5.92 Å². The number of benzene rings is 3. The van der Waals surface area contributed by atoms with Crippen LogP contribution in [0.3, 0.4) is 0 Å². The van der Waals surface area contributed by atoms with Gasteiger partial charge in [0, 0.05) is 6.54 Å². The Kier molecular flexibility index (Phi) is 7.82. The number of amides is 1. The predicted octanol–water partition coefficient (Wildman–Crippen LogP) is 4.86. The van der Waals surface area contributed by atoms with Crippen LogP contribution in [0.2, 0.25) is 0 Å². The molecule has 0 saturated heterocycles. The van der Waals surface area contributed by atoms with Crippen molar-refractivity contribution in [1.29, 1.82) is 0 Å². The third-order valence-corrected chi connectivity index (χ3v) is 5.43. The molecule has 3 N–H and O–H groups in total. The van der Waals surface area contributed by atoms with E-state index in [9.17, 15) is 4.79 Å². The van der Waals surface area contributed by atoms with Crippen molar-refractivity contribution in [1.82, 2.24) is 10.8 Å². The molecule has 5 nitrogen and oxygen atoms in total. The van der Waals surface area contributed by atoms with Crippen molar-refractivity contribution < 1.29 is 14.7 Å². The van der Waals surface area contributed by atoms with E-state index >= 15 is 0 Å². The second-order valence-corrected chi connectivity index (χ2v) is 7.97. The summed E-state index contributed by atoms with van der Waals surface area (Å²) in [6, 6.07) is 24.0. The molecule has 5 heteroatoms. The molecule has 1 amide bonds. The van der Waals surface area contributed by atoms with Gasteiger partial charge in [-0.1, -0.05) is 74.5 Å². The summed E-state index contributed by atoms with van der Waals surface area (Å²) >= 11 is 0. The highest BCUT2D eigenvalue weighted by Crippen LogP contribution is 2.26. The molecule has 0 aliphatic carbocycles. The maximum absolute atomic E-state index is 11.7. The van der Waals surface area contributed by atoms with Crippen LogP contribution in [0, 0.1) is 12.8 Å². The van der Waals surface area contributed by atoms with Crippen LogP contribution in [0.5, 0.6) is 5.75 Å².